The molecule has 0 spiro atoms. The van der Waals surface area contributed by atoms with Crippen molar-refractivity contribution < 1.29 is 13.2 Å². The Hall–Kier alpha value is -0.870. The zero-order valence-electron chi connectivity index (χ0n) is 7.23. The Morgan fingerprint density at radius 2 is 2.00 bits per heavy atom. The Bertz CT molecular complexity index is 418. The largest absolute Gasteiger partial charge is 0.368 e. The quantitative estimate of drug-likeness (QED) is 0.670. The minimum Gasteiger partial charge on any atom is -0.368 e. The average Bonchev–Trinajstić information content (AvgIpc) is 2.85. The molecule has 0 bridgehead atoms. The number of hydrogen-bond donors (Lipinski definition) is 0. The zero-order chi connectivity index (χ0) is 9.47. The predicted octanol–water partition coefficient (Wildman–Crippen LogP) is 1.16. The van der Waals surface area contributed by atoms with E-state index >= 15 is 0 Å². The maximum atomic E-state index is 11.3. The lowest BCUT2D eigenvalue weighted by Crippen LogP contribution is -2.01. The van der Waals surface area contributed by atoms with Gasteiger partial charge >= 0.3 is 0 Å². The highest BCUT2D eigenvalue weighted by atomic mass is 32.2. The third-order valence-electron chi connectivity index (χ3n) is 2.00. The Morgan fingerprint density at radius 1 is 1.38 bits per heavy atom. The first-order chi connectivity index (χ1) is 6.09. The van der Waals surface area contributed by atoms with Gasteiger partial charge in [-0.25, -0.2) is 8.42 Å². The SMILES string of the molecule is CS(=O)(=O)c1ccccc1[C@@H]1CO1. The molecule has 1 saturated heterocycles. The molecule has 0 saturated carbocycles. The normalized spacial score (nSPS) is 21.5. The van der Waals surface area contributed by atoms with Gasteiger partial charge < -0.3 is 4.74 Å². The summed E-state index contributed by atoms with van der Waals surface area (Å²) in [5.74, 6) is 0. The molecule has 0 aromatic heterocycles. The maximum absolute atomic E-state index is 11.3. The van der Waals surface area contributed by atoms with E-state index in [4.69, 9.17) is 4.74 Å². The van der Waals surface area contributed by atoms with Crippen molar-refractivity contribution in [3.63, 3.8) is 0 Å². The molecule has 0 unspecified atom stereocenters. The highest BCUT2D eigenvalue weighted by molar-refractivity contribution is 7.90. The molecule has 13 heavy (non-hydrogen) atoms. The van der Waals surface area contributed by atoms with Gasteiger partial charge in [0.2, 0.25) is 0 Å². The molecule has 1 fully saturated rings. The fourth-order valence-corrected chi connectivity index (χ4v) is 2.27. The van der Waals surface area contributed by atoms with Crippen molar-refractivity contribution in [1.82, 2.24) is 0 Å². The van der Waals surface area contributed by atoms with E-state index in [1.54, 1.807) is 18.2 Å². The summed E-state index contributed by atoms with van der Waals surface area (Å²) in [6, 6.07) is 6.97. The molecule has 1 aliphatic heterocycles. The minimum atomic E-state index is -3.12. The summed E-state index contributed by atoms with van der Waals surface area (Å²) in [5.41, 5.74) is 0.782. The molecule has 0 aliphatic carbocycles. The summed E-state index contributed by atoms with van der Waals surface area (Å²) in [7, 11) is -3.12. The van der Waals surface area contributed by atoms with E-state index in [1.165, 1.54) is 6.26 Å². The minimum absolute atomic E-state index is 0.00840. The van der Waals surface area contributed by atoms with E-state index in [0.29, 0.717) is 11.5 Å². The standard InChI is InChI=1S/C9H10O3S/c1-13(10,11)9-5-3-2-4-7(9)8-6-12-8/h2-5,8H,6H2,1H3/t8-/m0/s1. The lowest BCUT2D eigenvalue weighted by molar-refractivity contribution is 0.412. The van der Waals surface area contributed by atoms with Crippen molar-refractivity contribution in [3.8, 4) is 0 Å². The van der Waals surface area contributed by atoms with Crippen LogP contribution in [0.25, 0.3) is 0 Å². The molecule has 0 N–H and O–H groups in total. The molecular weight excluding hydrogens is 188 g/mol. The molecule has 1 heterocycles. The first-order valence-corrected chi connectivity index (χ1v) is 5.89. The van der Waals surface area contributed by atoms with Crippen molar-refractivity contribution in [2.24, 2.45) is 0 Å². The van der Waals surface area contributed by atoms with Crippen molar-refractivity contribution in [3.05, 3.63) is 29.8 Å². The van der Waals surface area contributed by atoms with Gasteiger partial charge in [0.1, 0.15) is 6.10 Å². The van der Waals surface area contributed by atoms with Crippen LogP contribution >= 0.6 is 0 Å². The Labute approximate surface area is 77.3 Å². The second-order valence-corrected chi connectivity index (χ2v) is 5.12. The second-order valence-electron chi connectivity index (χ2n) is 3.13. The van der Waals surface area contributed by atoms with Crippen molar-refractivity contribution in [2.75, 3.05) is 12.9 Å². The second kappa shape index (κ2) is 2.82. The van der Waals surface area contributed by atoms with Crippen LogP contribution in [-0.2, 0) is 14.6 Å². The molecule has 4 heteroatoms. The van der Waals surface area contributed by atoms with Gasteiger partial charge in [0.25, 0.3) is 0 Å². The number of benzene rings is 1. The van der Waals surface area contributed by atoms with Crippen LogP contribution < -0.4 is 0 Å². The Kier molecular flexibility index (Phi) is 1.89. The van der Waals surface area contributed by atoms with E-state index in [9.17, 15) is 8.42 Å². The lowest BCUT2D eigenvalue weighted by Gasteiger charge is -2.03. The highest BCUT2D eigenvalue weighted by Gasteiger charge is 2.29. The smallest absolute Gasteiger partial charge is 0.175 e. The predicted molar refractivity (Wildman–Crippen MR) is 48.2 cm³/mol. The number of epoxide rings is 1. The molecule has 1 aromatic carbocycles. The first-order valence-electron chi connectivity index (χ1n) is 3.99. The topological polar surface area (TPSA) is 46.7 Å². The molecule has 1 atom stereocenters. The number of ether oxygens (including phenoxy) is 1. The van der Waals surface area contributed by atoms with Crippen LogP contribution in [0.1, 0.15) is 11.7 Å². The molecule has 1 aliphatic rings. The molecule has 0 radical (unpaired) electrons. The van der Waals surface area contributed by atoms with Crippen molar-refractivity contribution in [1.29, 1.82) is 0 Å². The van der Waals surface area contributed by atoms with Crippen LogP contribution in [0.4, 0.5) is 0 Å². The van der Waals surface area contributed by atoms with Crippen LogP contribution in [0.3, 0.4) is 0 Å². The Balaban J connectivity index is 2.55. The Morgan fingerprint density at radius 3 is 2.54 bits per heavy atom. The first kappa shape index (κ1) is 8.72. The van der Waals surface area contributed by atoms with Gasteiger partial charge in [0, 0.05) is 11.8 Å². The lowest BCUT2D eigenvalue weighted by atomic mass is 10.2. The highest BCUT2D eigenvalue weighted by Crippen LogP contribution is 2.33. The van der Waals surface area contributed by atoms with Gasteiger partial charge in [0.15, 0.2) is 9.84 Å². The molecule has 3 nitrogen and oxygen atoms in total. The molecular formula is C9H10O3S. The van der Waals surface area contributed by atoms with Crippen LogP contribution in [0.15, 0.2) is 29.2 Å². The molecule has 1 aromatic rings. The van der Waals surface area contributed by atoms with Gasteiger partial charge in [-0.1, -0.05) is 18.2 Å². The number of sulfone groups is 1. The van der Waals surface area contributed by atoms with E-state index in [0.717, 1.165) is 5.56 Å². The average molecular weight is 198 g/mol. The van der Waals surface area contributed by atoms with E-state index < -0.39 is 9.84 Å². The summed E-state index contributed by atoms with van der Waals surface area (Å²) in [6.45, 7) is 0.631. The summed E-state index contributed by atoms with van der Waals surface area (Å²) in [4.78, 5) is 0.387. The van der Waals surface area contributed by atoms with Crippen LogP contribution in [0.2, 0.25) is 0 Å². The fourth-order valence-electron chi connectivity index (χ4n) is 1.31. The van der Waals surface area contributed by atoms with E-state index in [2.05, 4.69) is 0 Å². The molecule has 2 rings (SSSR count). The van der Waals surface area contributed by atoms with Gasteiger partial charge in [-0.15, -0.1) is 0 Å². The van der Waals surface area contributed by atoms with E-state index in [-0.39, 0.29) is 6.10 Å². The van der Waals surface area contributed by atoms with Crippen molar-refractivity contribution >= 4 is 9.84 Å². The van der Waals surface area contributed by atoms with Gasteiger partial charge in [-0.05, 0) is 6.07 Å². The molecule has 70 valence electrons. The third kappa shape index (κ3) is 1.73. The van der Waals surface area contributed by atoms with Crippen LogP contribution in [0, 0.1) is 0 Å². The summed E-state index contributed by atoms with van der Waals surface area (Å²) < 4.78 is 27.7. The summed E-state index contributed by atoms with van der Waals surface area (Å²) in [5, 5.41) is 0. The monoisotopic (exact) mass is 198 g/mol. The summed E-state index contributed by atoms with van der Waals surface area (Å²) in [6.07, 6.45) is 1.21. The molecule has 0 amide bonds. The van der Waals surface area contributed by atoms with Crippen LogP contribution in [0.5, 0.6) is 0 Å². The van der Waals surface area contributed by atoms with E-state index in [1.807, 2.05) is 6.07 Å². The van der Waals surface area contributed by atoms with Gasteiger partial charge in [-0.3, -0.25) is 0 Å². The van der Waals surface area contributed by atoms with Gasteiger partial charge in [-0.2, -0.15) is 0 Å². The van der Waals surface area contributed by atoms with Crippen molar-refractivity contribution in [2.45, 2.75) is 11.0 Å². The van der Waals surface area contributed by atoms with Gasteiger partial charge in [0.05, 0.1) is 11.5 Å². The third-order valence-corrected chi connectivity index (χ3v) is 3.17. The van der Waals surface area contributed by atoms with Crippen LogP contribution in [-0.4, -0.2) is 21.3 Å². The zero-order valence-corrected chi connectivity index (χ0v) is 8.04. The fraction of sp³-hybridized carbons (Fsp3) is 0.333. The number of rotatable bonds is 2. The maximum Gasteiger partial charge on any atom is 0.175 e. The summed E-state index contributed by atoms with van der Waals surface area (Å²) >= 11 is 0. The number of hydrogen-bond acceptors (Lipinski definition) is 3.